The predicted octanol–water partition coefficient (Wildman–Crippen LogP) is -0.886. The van der Waals surface area contributed by atoms with Gasteiger partial charge in [-0.05, 0) is 14.1 Å². The number of carbonyl (C=O) groups is 1. The average molecular weight is 269 g/mol. The number of nitrogens with two attached hydrogens (primary N) is 1. The maximum atomic E-state index is 11.8. The van der Waals surface area contributed by atoms with Crippen molar-refractivity contribution < 1.29 is 9.53 Å². The van der Waals surface area contributed by atoms with Gasteiger partial charge >= 0.3 is 0 Å². The molecule has 0 fully saturated rings. The number of aromatic nitrogens is 2. The third kappa shape index (κ3) is 5.82. The number of aryl methyl sites for hydroxylation is 1. The Morgan fingerprint density at radius 3 is 2.89 bits per heavy atom. The molecule has 0 aromatic carbocycles. The molecule has 1 rings (SSSR count). The predicted molar refractivity (Wildman–Crippen MR) is 72.5 cm³/mol. The van der Waals surface area contributed by atoms with Crippen LogP contribution < -0.4 is 11.1 Å². The molecule has 1 amide bonds. The zero-order chi connectivity index (χ0) is 14.3. The highest BCUT2D eigenvalue weighted by Crippen LogP contribution is 2.07. The Morgan fingerprint density at radius 1 is 1.58 bits per heavy atom. The number of likely N-dealkylation sites (N-methyl/N-ethyl adjacent to an activating group) is 1. The van der Waals surface area contributed by atoms with Crippen molar-refractivity contribution in [1.82, 2.24) is 20.0 Å². The standard InChI is InChI=1S/C12H23N5O2/c1-16(2)5-7-19-6-4-14-12(18)11(13)10-8-15-17(3)9-10/h8-9,11H,4-7,13H2,1-3H3,(H,14,18). The van der Waals surface area contributed by atoms with Crippen molar-refractivity contribution in [2.24, 2.45) is 12.8 Å². The fourth-order valence-electron chi connectivity index (χ4n) is 1.46. The largest absolute Gasteiger partial charge is 0.378 e. The van der Waals surface area contributed by atoms with Crippen molar-refractivity contribution in [3.63, 3.8) is 0 Å². The molecule has 0 aliphatic heterocycles. The zero-order valence-electron chi connectivity index (χ0n) is 11.8. The van der Waals surface area contributed by atoms with Gasteiger partial charge in [-0.3, -0.25) is 9.48 Å². The van der Waals surface area contributed by atoms with Crippen molar-refractivity contribution >= 4 is 5.91 Å². The molecule has 1 heterocycles. The fourth-order valence-corrected chi connectivity index (χ4v) is 1.46. The van der Waals surface area contributed by atoms with E-state index in [1.165, 1.54) is 0 Å². The summed E-state index contributed by atoms with van der Waals surface area (Å²) in [5, 5.41) is 6.72. The van der Waals surface area contributed by atoms with Crippen LogP contribution in [0.3, 0.4) is 0 Å². The SMILES string of the molecule is CN(C)CCOCCNC(=O)C(N)c1cnn(C)c1. The lowest BCUT2D eigenvalue weighted by atomic mass is 10.1. The van der Waals surface area contributed by atoms with Crippen molar-refractivity contribution in [2.75, 3.05) is 40.4 Å². The number of hydrogen-bond acceptors (Lipinski definition) is 5. The van der Waals surface area contributed by atoms with Gasteiger partial charge in [0.1, 0.15) is 6.04 Å². The Balaban J connectivity index is 2.17. The van der Waals surface area contributed by atoms with Gasteiger partial charge in [0.2, 0.25) is 5.91 Å². The lowest BCUT2D eigenvalue weighted by Gasteiger charge is -2.12. The van der Waals surface area contributed by atoms with Crippen LogP contribution in [-0.2, 0) is 16.6 Å². The summed E-state index contributed by atoms with van der Waals surface area (Å²) >= 11 is 0. The molecule has 19 heavy (non-hydrogen) atoms. The summed E-state index contributed by atoms with van der Waals surface area (Å²) in [7, 11) is 5.75. The minimum Gasteiger partial charge on any atom is -0.378 e. The monoisotopic (exact) mass is 269 g/mol. The topological polar surface area (TPSA) is 85.4 Å². The smallest absolute Gasteiger partial charge is 0.241 e. The van der Waals surface area contributed by atoms with Gasteiger partial charge in [-0.15, -0.1) is 0 Å². The number of nitrogens with zero attached hydrogens (tertiary/aromatic N) is 3. The number of hydrogen-bond donors (Lipinski definition) is 2. The molecule has 7 nitrogen and oxygen atoms in total. The van der Waals surface area contributed by atoms with E-state index in [4.69, 9.17) is 10.5 Å². The second kappa shape index (κ2) is 7.88. The second-order valence-corrected chi connectivity index (χ2v) is 4.63. The molecule has 0 spiro atoms. The number of rotatable bonds is 8. The van der Waals surface area contributed by atoms with Crippen LogP contribution in [0.25, 0.3) is 0 Å². The number of amides is 1. The first-order valence-electron chi connectivity index (χ1n) is 6.25. The van der Waals surface area contributed by atoms with E-state index >= 15 is 0 Å². The van der Waals surface area contributed by atoms with Crippen LogP contribution >= 0.6 is 0 Å². The molecular weight excluding hydrogens is 246 g/mol. The molecule has 1 atom stereocenters. The molecule has 0 aliphatic rings. The maximum Gasteiger partial charge on any atom is 0.241 e. The Morgan fingerprint density at radius 2 is 2.32 bits per heavy atom. The van der Waals surface area contributed by atoms with Gasteiger partial charge in [-0.2, -0.15) is 5.10 Å². The summed E-state index contributed by atoms with van der Waals surface area (Å²) in [6, 6.07) is -0.685. The average Bonchev–Trinajstić information content (AvgIpc) is 2.78. The number of nitrogens with one attached hydrogen (secondary N) is 1. The summed E-state index contributed by atoms with van der Waals surface area (Å²) in [6.45, 7) is 2.46. The normalized spacial score (nSPS) is 12.7. The molecule has 108 valence electrons. The highest BCUT2D eigenvalue weighted by atomic mass is 16.5. The van der Waals surface area contributed by atoms with Crippen molar-refractivity contribution in [2.45, 2.75) is 6.04 Å². The third-order valence-electron chi connectivity index (χ3n) is 2.59. The number of ether oxygens (including phenoxy) is 1. The maximum absolute atomic E-state index is 11.8. The highest BCUT2D eigenvalue weighted by molar-refractivity contribution is 5.82. The first-order chi connectivity index (χ1) is 9.00. The molecule has 0 radical (unpaired) electrons. The molecule has 0 aliphatic carbocycles. The van der Waals surface area contributed by atoms with Crippen LogP contribution in [0.1, 0.15) is 11.6 Å². The summed E-state index contributed by atoms with van der Waals surface area (Å²) in [5.74, 6) is -0.218. The van der Waals surface area contributed by atoms with Crippen LogP contribution in [0.5, 0.6) is 0 Å². The lowest BCUT2D eigenvalue weighted by molar-refractivity contribution is -0.122. The minimum absolute atomic E-state index is 0.218. The molecule has 0 saturated heterocycles. The Bertz CT molecular complexity index is 391. The van der Waals surface area contributed by atoms with E-state index < -0.39 is 6.04 Å². The van der Waals surface area contributed by atoms with E-state index in [-0.39, 0.29) is 5.91 Å². The zero-order valence-corrected chi connectivity index (χ0v) is 11.8. The fraction of sp³-hybridized carbons (Fsp3) is 0.667. The van der Waals surface area contributed by atoms with Crippen LogP contribution in [0.2, 0.25) is 0 Å². The van der Waals surface area contributed by atoms with E-state index in [9.17, 15) is 4.79 Å². The molecule has 0 bridgehead atoms. The Kier molecular flexibility index (Phi) is 6.48. The van der Waals surface area contributed by atoms with E-state index in [1.807, 2.05) is 19.0 Å². The quantitative estimate of drug-likeness (QED) is 0.598. The summed E-state index contributed by atoms with van der Waals surface area (Å²) in [5.41, 5.74) is 6.52. The molecule has 7 heteroatoms. The Hall–Kier alpha value is -1.44. The molecule has 1 unspecified atom stereocenters. The van der Waals surface area contributed by atoms with Crippen molar-refractivity contribution in [1.29, 1.82) is 0 Å². The summed E-state index contributed by atoms with van der Waals surface area (Å²) in [4.78, 5) is 13.8. The molecule has 0 saturated carbocycles. The van der Waals surface area contributed by atoms with Gasteiger partial charge < -0.3 is 20.7 Å². The summed E-state index contributed by atoms with van der Waals surface area (Å²) < 4.78 is 6.99. The molecule has 1 aromatic heterocycles. The molecule has 3 N–H and O–H groups in total. The van der Waals surface area contributed by atoms with Gasteiger partial charge in [-0.1, -0.05) is 0 Å². The first kappa shape index (κ1) is 15.6. The summed E-state index contributed by atoms with van der Waals surface area (Å²) in [6.07, 6.45) is 3.33. The third-order valence-corrected chi connectivity index (χ3v) is 2.59. The Labute approximate surface area is 113 Å². The van der Waals surface area contributed by atoms with Crippen LogP contribution in [0.4, 0.5) is 0 Å². The van der Waals surface area contributed by atoms with Crippen molar-refractivity contribution in [3.05, 3.63) is 18.0 Å². The molecule has 1 aromatic rings. The van der Waals surface area contributed by atoms with Gasteiger partial charge in [0, 0.05) is 31.9 Å². The lowest BCUT2D eigenvalue weighted by Crippen LogP contribution is -2.36. The van der Waals surface area contributed by atoms with E-state index in [0.29, 0.717) is 25.3 Å². The van der Waals surface area contributed by atoms with Crippen LogP contribution in [-0.4, -0.2) is 61.0 Å². The van der Waals surface area contributed by atoms with Gasteiger partial charge in [-0.25, -0.2) is 0 Å². The molecular formula is C12H23N5O2. The number of carbonyl (C=O) groups excluding carboxylic acids is 1. The van der Waals surface area contributed by atoms with Crippen LogP contribution in [0, 0.1) is 0 Å². The highest BCUT2D eigenvalue weighted by Gasteiger charge is 2.16. The van der Waals surface area contributed by atoms with Crippen molar-refractivity contribution in [3.8, 4) is 0 Å². The van der Waals surface area contributed by atoms with Crippen LogP contribution in [0.15, 0.2) is 12.4 Å². The van der Waals surface area contributed by atoms with E-state index in [0.717, 1.165) is 6.54 Å². The van der Waals surface area contributed by atoms with E-state index in [2.05, 4.69) is 10.4 Å². The minimum atomic E-state index is -0.685. The second-order valence-electron chi connectivity index (χ2n) is 4.63. The van der Waals surface area contributed by atoms with Gasteiger partial charge in [0.15, 0.2) is 0 Å². The first-order valence-corrected chi connectivity index (χ1v) is 6.25. The van der Waals surface area contributed by atoms with Gasteiger partial charge in [0.25, 0.3) is 0 Å². The van der Waals surface area contributed by atoms with Gasteiger partial charge in [0.05, 0.1) is 19.4 Å². The van der Waals surface area contributed by atoms with E-state index in [1.54, 1.807) is 24.1 Å².